The molecule has 1 saturated heterocycles. The van der Waals surface area contributed by atoms with Gasteiger partial charge in [-0.3, -0.25) is 14.9 Å². The van der Waals surface area contributed by atoms with E-state index < -0.39 is 11.8 Å². The van der Waals surface area contributed by atoms with E-state index in [2.05, 4.69) is 50.5 Å². The van der Waals surface area contributed by atoms with E-state index in [1.165, 1.54) is 11.9 Å². The summed E-state index contributed by atoms with van der Waals surface area (Å²) in [6.07, 6.45) is 1.26. The van der Waals surface area contributed by atoms with Crippen molar-refractivity contribution in [2.45, 2.75) is 6.92 Å². The van der Waals surface area contributed by atoms with E-state index in [1.807, 2.05) is 6.07 Å². The normalized spacial score (nSPS) is 14.7. The summed E-state index contributed by atoms with van der Waals surface area (Å²) in [5, 5.41) is 8.50. The number of benzene rings is 1. The molecule has 2 amide bonds. The zero-order chi connectivity index (χ0) is 16.2. The number of anilines is 2. The van der Waals surface area contributed by atoms with E-state index in [1.54, 1.807) is 4.90 Å². The fraction of sp³-hybridized carbons (Fsp3) is 0.333. The van der Waals surface area contributed by atoms with Crippen LogP contribution in [0.15, 0.2) is 30.6 Å². The van der Waals surface area contributed by atoms with Gasteiger partial charge in [0, 0.05) is 31.9 Å². The van der Waals surface area contributed by atoms with Gasteiger partial charge in [-0.1, -0.05) is 12.1 Å². The number of hydrogen-bond donors (Lipinski definition) is 2. The predicted molar refractivity (Wildman–Crippen MR) is 85.0 cm³/mol. The lowest BCUT2D eigenvalue weighted by molar-refractivity contribution is -0.143. The summed E-state index contributed by atoms with van der Waals surface area (Å²) >= 11 is 0. The van der Waals surface area contributed by atoms with Gasteiger partial charge in [-0.25, -0.2) is 5.10 Å². The quantitative estimate of drug-likeness (QED) is 0.783. The van der Waals surface area contributed by atoms with Crippen LogP contribution in [0.5, 0.6) is 0 Å². The number of amides is 2. The molecular formula is C15H18N6O2. The summed E-state index contributed by atoms with van der Waals surface area (Å²) in [4.78, 5) is 31.6. The molecule has 0 spiro atoms. The molecule has 120 valence electrons. The lowest BCUT2D eigenvalue weighted by Crippen LogP contribution is -2.51. The SMILES string of the molecule is Cc1cccc(N2CCN(C(=O)C(=O)Nc3ncn[nH]3)CC2)c1. The molecular weight excluding hydrogens is 296 g/mol. The Labute approximate surface area is 133 Å². The molecule has 2 heterocycles. The number of carbonyl (C=O) groups excluding carboxylic acids is 2. The minimum Gasteiger partial charge on any atom is -0.368 e. The minimum atomic E-state index is -0.703. The largest absolute Gasteiger partial charge is 0.368 e. The molecule has 0 radical (unpaired) electrons. The van der Waals surface area contributed by atoms with Crippen molar-refractivity contribution in [2.24, 2.45) is 0 Å². The lowest BCUT2D eigenvalue weighted by Gasteiger charge is -2.35. The van der Waals surface area contributed by atoms with Gasteiger partial charge in [-0.15, -0.1) is 0 Å². The molecule has 23 heavy (non-hydrogen) atoms. The van der Waals surface area contributed by atoms with Gasteiger partial charge in [-0.05, 0) is 24.6 Å². The Bertz CT molecular complexity index is 692. The average Bonchev–Trinajstić information content (AvgIpc) is 3.07. The van der Waals surface area contributed by atoms with Crippen molar-refractivity contribution in [3.8, 4) is 0 Å². The molecule has 1 aliphatic rings. The molecule has 1 aromatic heterocycles. The van der Waals surface area contributed by atoms with E-state index in [9.17, 15) is 9.59 Å². The number of aromatic amines is 1. The Hall–Kier alpha value is -2.90. The average molecular weight is 314 g/mol. The van der Waals surface area contributed by atoms with Crippen LogP contribution in [0.3, 0.4) is 0 Å². The fourth-order valence-electron chi connectivity index (χ4n) is 2.56. The monoisotopic (exact) mass is 314 g/mol. The molecule has 8 heteroatoms. The number of piperazine rings is 1. The van der Waals surface area contributed by atoms with Crippen LogP contribution in [0.2, 0.25) is 0 Å². The van der Waals surface area contributed by atoms with Gasteiger partial charge in [0.2, 0.25) is 5.95 Å². The smallest absolute Gasteiger partial charge is 0.316 e. The zero-order valence-electron chi connectivity index (χ0n) is 12.8. The minimum absolute atomic E-state index is 0.168. The Morgan fingerprint density at radius 2 is 2.00 bits per heavy atom. The summed E-state index contributed by atoms with van der Waals surface area (Å²) < 4.78 is 0. The first-order valence-corrected chi connectivity index (χ1v) is 7.41. The summed E-state index contributed by atoms with van der Waals surface area (Å²) in [7, 11) is 0. The molecule has 3 rings (SSSR count). The highest BCUT2D eigenvalue weighted by atomic mass is 16.2. The highest BCUT2D eigenvalue weighted by Gasteiger charge is 2.26. The predicted octanol–water partition coefficient (Wildman–Crippen LogP) is 0.400. The van der Waals surface area contributed by atoms with Crippen LogP contribution in [0, 0.1) is 6.92 Å². The van der Waals surface area contributed by atoms with Gasteiger partial charge >= 0.3 is 11.8 Å². The molecule has 1 aliphatic heterocycles. The molecule has 2 N–H and O–H groups in total. The second-order valence-electron chi connectivity index (χ2n) is 5.41. The van der Waals surface area contributed by atoms with Crippen molar-refractivity contribution < 1.29 is 9.59 Å². The second kappa shape index (κ2) is 6.47. The third-order valence-corrected chi connectivity index (χ3v) is 3.77. The maximum atomic E-state index is 12.2. The summed E-state index contributed by atoms with van der Waals surface area (Å²) in [5.41, 5.74) is 2.34. The van der Waals surface area contributed by atoms with Crippen molar-refractivity contribution in [2.75, 3.05) is 36.4 Å². The van der Waals surface area contributed by atoms with Gasteiger partial charge in [0.25, 0.3) is 0 Å². The topological polar surface area (TPSA) is 94.2 Å². The number of carbonyl (C=O) groups is 2. The van der Waals surface area contributed by atoms with Crippen LogP contribution >= 0.6 is 0 Å². The summed E-state index contributed by atoms with van der Waals surface area (Å²) in [6, 6.07) is 8.25. The standard InChI is InChI=1S/C15H18N6O2/c1-11-3-2-4-12(9-11)20-5-7-21(8-6-20)14(23)13(22)18-15-16-10-17-19-15/h2-4,9-10H,5-8H2,1H3,(H2,16,17,18,19,22). The Morgan fingerprint density at radius 3 is 2.65 bits per heavy atom. The van der Waals surface area contributed by atoms with Crippen LogP contribution in [0.4, 0.5) is 11.6 Å². The molecule has 0 saturated carbocycles. The third-order valence-electron chi connectivity index (χ3n) is 3.77. The van der Waals surface area contributed by atoms with Crippen LogP contribution in [0.1, 0.15) is 5.56 Å². The fourth-order valence-corrected chi connectivity index (χ4v) is 2.56. The molecule has 1 aromatic carbocycles. The Kier molecular flexibility index (Phi) is 4.22. The van der Waals surface area contributed by atoms with Gasteiger partial charge in [0.1, 0.15) is 6.33 Å². The van der Waals surface area contributed by atoms with Crippen molar-refractivity contribution in [1.82, 2.24) is 20.1 Å². The zero-order valence-corrected chi connectivity index (χ0v) is 12.8. The van der Waals surface area contributed by atoms with Crippen molar-refractivity contribution in [3.05, 3.63) is 36.2 Å². The van der Waals surface area contributed by atoms with Crippen molar-refractivity contribution >= 4 is 23.5 Å². The Balaban J connectivity index is 1.56. The molecule has 0 unspecified atom stereocenters. The van der Waals surface area contributed by atoms with Crippen LogP contribution in [-0.4, -0.2) is 58.1 Å². The maximum absolute atomic E-state index is 12.2. The number of aromatic nitrogens is 3. The molecule has 1 fully saturated rings. The van der Waals surface area contributed by atoms with Gasteiger partial charge in [0.05, 0.1) is 0 Å². The second-order valence-corrected chi connectivity index (χ2v) is 5.41. The first-order chi connectivity index (χ1) is 11.1. The van der Waals surface area contributed by atoms with E-state index >= 15 is 0 Å². The maximum Gasteiger partial charge on any atom is 0.316 e. The molecule has 0 atom stereocenters. The third kappa shape index (κ3) is 3.47. The van der Waals surface area contributed by atoms with E-state index in [0.29, 0.717) is 26.2 Å². The van der Waals surface area contributed by atoms with Gasteiger partial charge in [-0.2, -0.15) is 10.1 Å². The highest BCUT2D eigenvalue weighted by molar-refractivity contribution is 6.39. The lowest BCUT2D eigenvalue weighted by atomic mass is 10.2. The van der Waals surface area contributed by atoms with E-state index in [4.69, 9.17) is 0 Å². The molecule has 8 nitrogen and oxygen atoms in total. The highest BCUT2D eigenvalue weighted by Crippen LogP contribution is 2.17. The number of H-pyrrole nitrogens is 1. The van der Waals surface area contributed by atoms with E-state index in [-0.39, 0.29) is 5.95 Å². The van der Waals surface area contributed by atoms with Gasteiger partial charge < -0.3 is 9.80 Å². The summed E-state index contributed by atoms with van der Waals surface area (Å²) in [5.74, 6) is -1.09. The van der Waals surface area contributed by atoms with Crippen LogP contribution in [-0.2, 0) is 9.59 Å². The van der Waals surface area contributed by atoms with Crippen molar-refractivity contribution in [3.63, 3.8) is 0 Å². The number of hydrogen-bond acceptors (Lipinski definition) is 5. The van der Waals surface area contributed by atoms with Crippen LogP contribution < -0.4 is 10.2 Å². The summed E-state index contributed by atoms with van der Waals surface area (Å²) in [6.45, 7) is 4.47. The van der Waals surface area contributed by atoms with E-state index in [0.717, 1.165) is 5.69 Å². The Morgan fingerprint density at radius 1 is 1.22 bits per heavy atom. The number of nitrogens with zero attached hydrogens (tertiary/aromatic N) is 4. The molecule has 2 aromatic rings. The number of rotatable bonds is 2. The van der Waals surface area contributed by atoms with Crippen LogP contribution in [0.25, 0.3) is 0 Å². The first-order valence-electron chi connectivity index (χ1n) is 7.41. The molecule has 0 aliphatic carbocycles. The number of nitrogens with one attached hydrogen (secondary N) is 2. The van der Waals surface area contributed by atoms with Gasteiger partial charge in [0.15, 0.2) is 0 Å². The number of aryl methyl sites for hydroxylation is 1. The van der Waals surface area contributed by atoms with Crippen molar-refractivity contribution in [1.29, 1.82) is 0 Å². The molecule has 0 bridgehead atoms. The first kappa shape index (κ1) is 15.0.